The van der Waals surface area contributed by atoms with Gasteiger partial charge in [-0.1, -0.05) is 46.3 Å². The number of nitrogens with zero attached hydrogens (tertiary/aromatic N) is 1. The minimum Gasteiger partial charge on any atom is -0.457 e. The Morgan fingerprint density at radius 2 is 1.83 bits per heavy atom. The highest BCUT2D eigenvalue weighted by Gasteiger charge is 2.36. The Balaban J connectivity index is 1.53. The number of hydrogen-bond acceptors (Lipinski definition) is 5. The van der Waals surface area contributed by atoms with Gasteiger partial charge >= 0.3 is 5.97 Å². The van der Waals surface area contributed by atoms with Gasteiger partial charge in [0.2, 0.25) is 5.91 Å². The summed E-state index contributed by atoms with van der Waals surface area (Å²) in [5, 5.41) is 1.12. The molecule has 1 heterocycles. The molecule has 8 heteroatoms. The van der Waals surface area contributed by atoms with Crippen molar-refractivity contribution in [2.75, 3.05) is 13.2 Å². The molecule has 2 amide bonds. The van der Waals surface area contributed by atoms with Crippen molar-refractivity contribution in [1.82, 2.24) is 10.4 Å². The predicted octanol–water partition coefficient (Wildman–Crippen LogP) is 2.68. The minimum absolute atomic E-state index is 0.00175. The molecule has 7 nitrogen and oxygen atoms in total. The van der Waals surface area contributed by atoms with Gasteiger partial charge in [0.05, 0.1) is 12.5 Å². The summed E-state index contributed by atoms with van der Waals surface area (Å²) in [6.07, 6.45) is -0.0840. The Bertz CT molecular complexity index is 958. The fourth-order valence-electron chi connectivity index (χ4n) is 2.96. The van der Waals surface area contributed by atoms with Crippen molar-refractivity contribution in [2.45, 2.75) is 13.3 Å². The van der Waals surface area contributed by atoms with Gasteiger partial charge in [0.1, 0.15) is 0 Å². The van der Waals surface area contributed by atoms with Gasteiger partial charge in [0.25, 0.3) is 5.91 Å². The second-order valence-electron chi connectivity index (χ2n) is 6.70. The number of aryl methyl sites for hydroxylation is 1. The van der Waals surface area contributed by atoms with Crippen molar-refractivity contribution in [3.05, 3.63) is 69.7 Å². The van der Waals surface area contributed by atoms with Crippen molar-refractivity contribution in [3.8, 4) is 0 Å². The molecule has 0 radical (unpaired) electrons. The zero-order valence-electron chi connectivity index (χ0n) is 15.7. The number of hydrazine groups is 1. The van der Waals surface area contributed by atoms with E-state index in [4.69, 9.17) is 4.74 Å². The Kier molecular flexibility index (Phi) is 6.43. The number of rotatable bonds is 6. The van der Waals surface area contributed by atoms with Crippen LogP contribution >= 0.6 is 15.9 Å². The molecule has 29 heavy (non-hydrogen) atoms. The molecule has 2 aromatic carbocycles. The van der Waals surface area contributed by atoms with Crippen LogP contribution in [0.1, 0.15) is 32.7 Å². The van der Waals surface area contributed by atoms with Crippen LogP contribution < -0.4 is 5.43 Å². The quantitative estimate of drug-likeness (QED) is 0.530. The standard InChI is InChI=1S/C21H19BrN2O5/c1-13-4-2-3-5-17(13)20(27)23-24-11-15(10-19(24)26)21(28)29-12-18(25)14-6-8-16(22)9-7-14/h2-9,15H,10-12H2,1H3,(H,23,27)/t15-/m0/s1. The lowest BCUT2D eigenvalue weighted by molar-refractivity contribution is -0.147. The summed E-state index contributed by atoms with van der Waals surface area (Å²) in [4.78, 5) is 48.9. The molecule has 1 atom stereocenters. The number of hydrogen-bond donors (Lipinski definition) is 1. The van der Waals surface area contributed by atoms with Crippen molar-refractivity contribution in [1.29, 1.82) is 0 Å². The number of esters is 1. The number of benzene rings is 2. The Labute approximate surface area is 176 Å². The third-order valence-corrected chi connectivity index (χ3v) is 5.12. The molecule has 1 aliphatic rings. The van der Waals surface area contributed by atoms with E-state index in [0.717, 1.165) is 15.0 Å². The van der Waals surface area contributed by atoms with Gasteiger partial charge in [0.15, 0.2) is 12.4 Å². The first-order valence-electron chi connectivity index (χ1n) is 8.97. The predicted molar refractivity (Wildman–Crippen MR) is 108 cm³/mol. The van der Waals surface area contributed by atoms with Crippen LogP contribution in [0.5, 0.6) is 0 Å². The van der Waals surface area contributed by atoms with Gasteiger partial charge in [-0.25, -0.2) is 0 Å². The van der Waals surface area contributed by atoms with Crippen molar-refractivity contribution < 1.29 is 23.9 Å². The summed E-state index contributed by atoms with van der Waals surface area (Å²) in [5.74, 6) is -2.52. The fraction of sp³-hybridized carbons (Fsp3) is 0.238. The molecule has 1 fully saturated rings. The van der Waals surface area contributed by atoms with E-state index >= 15 is 0 Å². The molecule has 3 rings (SSSR count). The molecule has 1 N–H and O–H groups in total. The molecule has 0 saturated carbocycles. The maximum absolute atomic E-state index is 12.4. The number of halogens is 1. The normalized spacial score (nSPS) is 15.9. The number of amides is 2. The molecule has 1 saturated heterocycles. The monoisotopic (exact) mass is 458 g/mol. The molecular weight excluding hydrogens is 440 g/mol. The summed E-state index contributed by atoms with van der Waals surface area (Å²) >= 11 is 3.29. The summed E-state index contributed by atoms with van der Waals surface area (Å²) in [6, 6.07) is 13.7. The molecule has 0 aromatic heterocycles. The Morgan fingerprint density at radius 1 is 1.14 bits per heavy atom. The lowest BCUT2D eigenvalue weighted by Gasteiger charge is -2.18. The van der Waals surface area contributed by atoms with Gasteiger partial charge in [0, 0.05) is 22.0 Å². The van der Waals surface area contributed by atoms with E-state index < -0.39 is 24.4 Å². The van der Waals surface area contributed by atoms with Crippen molar-refractivity contribution >= 4 is 39.5 Å². The first kappa shape index (κ1) is 20.7. The number of carbonyl (C=O) groups excluding carboxylic acids is 4. The van der Waals surface area contributed by atoms with E-state index in [9.17, 15) is 19.2 Å². The lowest BCUT2D eigenvalue weighted by atomic mass is 10.1. The number of ketones is 1. The minimum atomic E-state index is -0.739. The second kappa shape index (κ2) is 9.00. The zero-order chi connectivity index (χ0) is 21.0. The highest BCUT2D eigenvalue weighted by Crippen LogP contribution is 2.19. The molecular formula is C21H19BrN2O5. The van der Waals surface area contributed by atoms with E-state index in [1.54, 1.807) is 49.4 Å². The van der Waals surface area contributed by atoms with Gasteiger partial charge in [-0.05, 0) is 30.7 Å². The van der Waals surface area contributed by atoms with E-state index in [2.05, 4.69) is 21.4 Å². The van der Waals surface area contributed by atoms with E-state index in [0.29, 0.717) is 11.1 Å². The summed E-state index contributed by atoms with van der Waals surface area (Å²) in [7, 11) is 0. The van der Waals surface area contributed by atoms with Crippen LogP contribution in [0.15, 0.2) is 53.0 Å². The molecule has 0 bridgehead atoms. The maximum Gasteiger partial charge on any atom is 0.311 e. The van der Waals surface area contributed by atoms with Crippen LogP contribution in [-0.4, -0.2) is 41.7 Å². The third kappa shape index (κ3) is 5.08. The van der Waals surface area contributed by atoms with Gasteiger partial charge in [-0.2, -0.15) is 0 Å². The molecule has 0 unspecified atom stereocenters. The summed E-state index contributed by atoms with van der Waals surface area (Å²) in [6.45, 7) is 1.39. The molecule has 1 aliphatic heterocycles. The largest absolute Gasteiger partial charge is 0.457 e. The number of nitrogens with one attached hydrogen (secondary N) is 1. The third-order valence-electron chi connectivity index (χ3n) is 4.60. The highest BCUT2D eigenvalue weighted by molar-refractivity contribution is 9.10. The summed E-state index contributed by atoms with van der Waals surface area (Å²) in [5.41, 5.74) is 4.19. The first-order chi connectivity index (χ1) is 13.8. The maximum atomic E-state index is 12.4. The van der Waals surface area contributed by atoms with Crippen LogP contribution in [0.4, 0.5) is 0 Å². The second-order valence-corrected chi connectivity index (χ2v) is 7.61. The van der Waals surface area contributed by atoms with Gasteiger partial charge in [-0.3, -0.25) is 29.6 Å². The van der Waals surface area contributed by atoms with Crippen molar-refractivity contribution in [3.63, 3.8) is 0 Å². The van der Waals surface area contributed by atoms with E-state index in [-0.39, 0.29) is 24.7 Å². The molecule has 150 valence electrons. The average molecular weight is 459 g/mol. The fourth-order valence-corrected chi connectivity index (χ4v) is 3.22. The van der Waals surface area contributed by atoms with Gasteiger partial charge in [-0.15, -0.1) is 0 Å². The number of carbonyl (C=O) groups is 4. The first-order valence-corrected chi connectivity index (χ1v) is 9.77. The SMILES string of the molecule is Cc1ccccc1C(=O)NN1C[C@@H](C(=O)OCC(=O)c2ccc(Br)cc2)CC1=O. The Morgan fingerprint density at radius 3 is 2.52 bits per heavy atom. The smallest absolute Gasteiger partial charge is 0.311 e. The lowest BCUT2D eigenvalue weighted by Crippen LogP contribution is -2.43. The molecule has 2 aromatic rings. The van der Waals surface area contributed by atoms with Crippen LogP contribution in [0.3, 0.4) is 0 Å². The molecule has 0 spiro atoms. The number of Topliss-reactive ketones (excluding diaryl/α,β-unsaturated/α-hetero) is 1. The van der Waals surface area contributed by atoms with Crippen LogP contribution in [0.25, 0.3) is 0 Å². The summed E-state index contributed by atoms with van der Waals surface area (Å²) < 4.78 is 5.92. The van der Waals surface area contributed by atoms with Crippen LogP contribution in [0, 0.1) is 12.8 Å². The average Bonchev–Trinajstić information content (AvgIpc) is 3.07. The van der Waals surface area contributed by atoms with Crippen LogP contribution in [0.2, 0.25) is 0 Å². The zero-order valence-corrected chi connectivity index (χ0v) is 17.3. The Hall–Kier alpha value is -3.00. The number of ether oxygens (including phenoxy) is 1. The van der Waals surface area contributed by atoms with Crippen molar-refractivity contribution in [2.24, 2.45) is 5.92 Å². The van der Waals surface area contributed by atoms with E-state index in [1.165, 1.54) is 0 Å². The highest BCUT2D eigenvalue weighted by atomic mass is 79.9. The van der Waals surface area contributed by atoms with E-state index in [1.807, 2.05) is 6.07 Å². The van der Waals surface area contributed by atoms with Gasteiger partial charge < -0.3 is 4.74 Å². The molecule has 0 aliphatic carbocycles. The topological polar surface area (TPSA) is 92.8 Å². The van der Waals surface area contributed by atoms with Crippen LogP contribution in [-0.2, 0) is 14.3 Å².